The van der Waals surface area contributed by atoms with E-state index in [0.29, 0.717) is 0 Å². The summed E-state index contributed by atoms with van der Waals surface area (Å²) in [6.07, 6.45) is 3.71. The first-order valence-corrected chi connectivity index (χ1v) is 14.7. The molecule has 0 atom stereocenters. The van der Waals surface area contributed by atoms with Crippen LogP contribution in [0, 0.1) is 0 Å². The van der Waals surface area contributed by atoms with Crippen LogP contribution in [-0.2, 0) is 16.2 Å². The van der Waals surface area contributed by atoms with Gasteiger partial charge in [0.15, 0.2) is 7.05 Å². The van der Waals surface area contributed by atoms with Gasteiger partial charge in [-0.1, -0.05) is 94.6 Å². The fourth-order valence-electron chi connectivity index (χ4n) is 6.61. The number of fused-ring (bicyclic) bond motifs is 4. The normalized spacial score (nSPS) is 15.1. The quantitative estimate of drug-likeness (QED) is 0.226. The van der Waals surface area contributed by atoms with E-state index in [-0.39, 0.29) is 10.8 Å². The summed E-state index contributed by atoms with van der Waals surface area (Å²) in [4.78, 5) is 4.72. The molecule has 208 valence electrons. The third-order valence-corrected chi connectivity index (χ3v) is 8.90. The largest absolute Gasteiger partial charge is 0.497 e. The van der Waals surface area contributed by atoms with Crippen LogP contribution in [0.3, 0.4) is 0 Å². The van der Waals surface area contributed by atoms with Crippen molar-refractivity contribution >= 4 is 23.2 Å². The van der Waals surface area contributed by atoms with Crippen LogP contribution in [0.4, 0.5) is 17.2 Å². The van der Waals surface area contributed by atoms with E-state index in [1.807, 2.05) is 30.1 Å². The second-order valence-corrected chi connectivity index (χ2v) is 13.6. The monoisotopic (exact) mass is 551 g/mol. The average Bonchev–Trinajstić information content (AvgIpc) is 3.68. The molecule has 0 radical (unpaired) electrons. The molecular weight excluding hydrogens is 514 g/mol. The second kappa shape index (κ2) is 8.95. The highest BCUT2D eigenvalue weighted by atomic mass is 15.2. The number of benzene rings is 3. The van der Waals surface area contributed by atoms with Crippen molar-refractivity contribution in [3.63, 3.8) is 0 Å². The van der Waals surface area contributed by atoms with Gasteiger partial charge in [-0.25, -0.2) is 0 Å². The molecule has 0 unspecified atom stereocenters. The van der Waals surface area contributed by atoms with Gasteiger partial charge in [0.1, 0.15) is 0 Å². The summed E-state index contributed by atoms with van der Waals surface area (Å²) < 4.78 is 4.07. The van der Waals surface area contributed by atoms with E-state index in [9.17, 15) is 0 Å². The van der Waals surface area contributed by atoms with E-state index >= 15 is 0 Å². The predicted molar refractivity (Wildman–Crippen MR) is 170 cm³/mol. The molecule has 0 saturated heterocycles. The van der Waals surface area contributed by atoms with Gasteiger partial charge in [-0.2, -0.15) is 10.1 Å². The molecule has 0 amide bonds. The van der Waals surface area contributed by atoms with Crippen molar-refractivity contribution in [2.45, 2.75) is 57.8 Å². The van der Waals surface area contributed by atoms with Crippen LogP contribution in [0.2, 0.25) is 0 Å². The maximum absolute atomic E-state index is 4.72. The van der Waals surface area contributed by atoms with Crippen molar-refractivity contribution in [2.24, 2.45) is 0 Å². The smallest absolute Gasteiger partial charge is 0.281 e. The molecule has 42 heavy (non-hydrogen) atoms. The summed E-state index contributed by atoms with van der Waals surface area (Å²) in [5.74, 6) is 0.880. The molecule has 2 aliphatic rings. The fraction of sp³-hybridized carbons (Fsp3) is 0.270. The highest BCUT2D eigenvalue weighted by molar-refractivity contribution is 5.87. The van der Waals surface area contributed by atoms with Crippen molar-refractivity contribution in [1.29, 1.82) is 0 Å². The lowest BCUT2D eigenvalue weighted by atomic mass is 9.68. The number of aromatic nitrogens is 3. The Kier molecular flexibility index (Phi) is 5.60. The van der Waals surface area contributed by atoms with E-state index in [1.165, 1.54) is 38.9 Å². The summed E-state index contributed by atoms with van der Waals surface area (Å²) in [6.45, 7) is 13.7. The van der Waals surface area contributed by atoms with E-state index in [0.717, 1.165) is 22.9 Å². The van der Waals surface area contributed by atoms with Gasteiger partial charge in [-0.05, 0) is 66.5 Å². The molecule has 5 aromatic rings. The molecule has 0 bridgehead atoms. The van der Waals surface area contributed by atoms with Crippen LogP contribution in [0.15, 0.2) is 91.3 Å². The first kappa shape index (κ1) is 26.3. The minimum Gasteiger partial charge on any atom is -0.281 e. The van der Waals surface area contributed by atoms with E-state index in [4.69, 9.17) is 4.98 Å². The zero-order valence-corrected chi connectivity index (χ0v) is 25.4. The highest BCUT2D eigenvalue weighted by Gasteiger charge is 2.49. The maximum atomic E-state index is 4.72. The molecule has 0 spiro atoms. The van der Waals surface area contributed by atoms with Crippen molar-refractivity contribution < 1.29 is 4.58 Å². The lowest BCUT2D eigenvalue weighted by Crippen LogP contribution is -2.30. The Hall–Kier alpha value is -4.60. The lowest BCUT2D eigenvalue weighted by molar-refractivity contribution is -0.394. The van der Waals surface area contributed by atoms with E-state index < -0.39 is 5.41 Å². The molecular formula is C37H37N5+2. The Morgan fingerprint density at radius 3 is 2.00 bits per heavy atom. The molecule has 7 rings (SSSR count). The number of hydrogen-bond donors (Lipinski definition) is 1. The minimum absolute atomic E-state index is 0.00137. The van der Waals surface area contributed by atoms with Gasteiger partial charge in [0, 0.05) is 30.6 Å². The third-order valence-electron chi connectivity index (χ3n) is 8.90. The summed E-state index contributed by atoms with van der Waals surface area (Å²) in [5.41, 5.74) is 11.4. The number of H-pyrrole nitrogens is 1. The topological polar surface area (TPSA) is 47.6 Å². The summed E-state index contributed by atoms with van der Waals surface area (Å²) >= 11 is 0. The minimum atomic E-state index is -0.585. The Bertz CT molecular complexity index is 1880. The summed E-state index contributed by atoms with van der Waals surface area (Å²) in [7, 11) is 2.02. The number of rotatable bonds is 3. The van der Waals surface area contributed by atoms with Crippen molar-refractivity contribution in [2.75, 3.05) is 7.05 Å². The van der Waals surface area contributed by atoms with Crippen LogP contribution in [0.25, 0.3) is 11.1 Å². The maximum Gasteiger partial charge on any atom is 0.497 e. The van der Waals surface area contributed by atoms with Gasteiger partial charge in [0.2, 0.25) is 5.69 Å². The molecule has 1 aliphatic carbocycles. The number of pyridine rings is 1. The predicted octanol–water partition coefficient (Wildman–Crippen LogP) is 8.06. The molecule has 3 heterocycles. The Labute approximate surface area is 247 Å². The summed E-state index contributed by atoms with van der Waals surface area (Å²) in [5, 5.41) is 7.93. The zero-order valence-electron chi connectivity index (χ0n) is 25.4. The van der Waals surface area contributed by atoms with Crippen molar-refractivity contribution in [3.05, 3.63) is 125 Å². The van der Waals surface area contributed by atoms with Gasteiger partial charge in [-0.15, -0.1) is 0 Å². The van der Waals surface area contributed by atoms with Crippen molar-refractivity contribution in [1.82, 2.24) is 19.8 Å². The first-order chi connectivity index (χ1) is 20.0. The lowest BCUT2D eigenvalue weighted by Gasteiger charge is -2.33. The van der Waals surface area contributed by atoms with Gasteiger partial charge in [0.05, 0.1) is 11.1 Å². The van der Waals surface area contributed by atoms with Gasteiger partial charge < -0.3 is 0 Å². The molecule has 1 N–H and O–H groups in total. The van der Waals surface area contributed by atoms with Crippen LogP contribution >= 0.6 is 0 Å². The highest BCUT2D eigenvalue weighted by Crippen LogP contribution is 2.57. The summed E-state index contributed by atoms with van der Waals surface area (Å²) in [6, 6.07) is 32.6. The van der Waals surface area contributed by atoms with Crippen LogP contribution in [0.5, 0.6) is 0 Å². The Balaban J connectivity index is 1.57. The van der Waals surface area contributed by atoms with Crippen molar-refractivity contribution in [3.8, 4) is 11.1 Å². The zero-order chi connectivity index (χ0) is 29.4. The molecule has 0 fully saturated rings. The third kappa shape index (κ3) is 3.77. The average molecular weight is 552 g/mol. The molecule has 3 aromatic carbocycles. The van der Waals surface area contributed by atoms with Gasteiger partial charge in [0.25, 0.3) is 0 Å². The molecule has 5 nitrogen and oxygen atoms in total. The van der Waals surface area contributed by atoms with E-state index in [1.54, 1.807) is 0 Å². The standard InChI is InChI=1S/C37H37N5/c1-35(2,3)24-13-15-28-29-16-14-25(36(4,5)6)22-31(29)37(30(28)21-24,33-17-19-39-40-33)26-10-8-11-27(20-26)42-23-41(7)32-12-9-18-38-34(32)42/h8-22H,1-7H3,(H,39,40)/q+2. The Morgan fingerprint density at radius 2 is 1.40 bits per heavy atom. The number of nitrogens with zero attached hydrogens (tertiary/aromatic N) is 4. The van der Waals surface area contributed by atoms with Crippen LogP contribution in [0.1, 0.15) is 75.1 Å². The van der Waals surface area contributed by atoms with Gasteiger partial charge in [-0.3, -0.25) is 5.10 Å². The number of aromatic amines is 1. The number of nitrogens with one attached hydrogen (secondary N) is 1. The Morgan fingerprint density at radius 1 is 0.738 bits per heavy atom. The van der Waals surface area contributed by atoms with Gasteiger partial charge >= 0.3 is 17.5 Å². The fourth-order valence-corrected chi connectivity index (χ4v) is 6.61. The molecule has 0 saturated carbocycles. The van der Waals surface area contributed by atoms with Crippen LogP contribution in [-0.4, -0.2) is 32.8 Å². The second-order valence-electron chi connectivity index (χ2n) is 13.6. The SMILES string of the molecule is C[N+]1=C=[N+](c2cccc(C3(c4ccn[nH]4)c4cc(C(C)(C)C)ccc4-c4ccc(C(C)(C)C)cc43)c2)c2ncccc21. The molecule has 5 heteroatoms. The van der Waals surface area contributed by atoms with Crippen LogP contribution < -0.4 is 4.58 Å². The number of hydrogen-bond acceptors (Lipinski definition) is 2. The molecule has 1 aliphatic heterocycles. The first-order valence-electron chi connectivity index (χ1n) is 14.7. The molecule has 2 aromatic heterocycles. The van der Waals surface area contributed by atoms with E-state index in [2.05, 4.69) is 135 Å².